The molecule has 0 saturated heterocycles. The lowest BCUT2D eigenvalue weighted by Gasteiger charge is -2.05. The van der Waals surface area contributed by atoms with Crippen molar-refractivity contribution in [3.8, 4) is 0 Å². The molecule has 7 heteroatoms. The zero-order valence-corrected chi connectivity index (χ0v) is 20.4. The smallest absolute Gasteiger partial charge is 0.340 e. The highest BCUT2D eigenvalue weighted by atomic mass is 79.9. The molecule has 0 aliphatic carbocycles. The fraction of sp³-hybridized carbons (Fsp3) is 0.261. The number of unbranched alkanes of at least 4 members (excludes halogenated alkanes) is 3. The summed E-state index contributed by atoms with van der Waals surface area (Å²) in [6.45, 7) is 0.458. The molecule has 1 aromatic heterocycles. The number of ether oxygens (including phenoxy) is 1. The predicted molar refractivity (Wildman–Crippen MR) is 129 cm³/mol. The van der Waals surface area contributed by atoms with Crippen molar-refractivity contribution in [1.29, 1.82) is 0 Å². The van der Waals surface area contributed by atoms with E-state index in [-0.39, 0.29) is 5.97 Å². The molecule has 0 amide bonds. The van der Waals surface area contributed by atoms with Crippen LogP contribution in [0.3, 0.4) is 0 Å². The van der Waals surface area contributed by atoms with Gasteiger partial charge in [-0.05, 0) is 87.0 Å². The Bertz CT molecular complexity index is 973. The van der Waals surface area contributed by atoms with Crippen LogP contribution in [0.2, 0.25) is 0 Å². The number of aryl methyl sites for hydroxylation is 1. The summed E-state index contributed by atoms with van der Waals surface area (Å²) in [4.78, 5) is 12.0. The molecule has 2 aromatic carbocycles. The highest BCUT2D eigenvalue weighted by Crippen LogP contribution is 2.32. The van der Waals surface area contributed by atoms with Crippen LogP contribution in [0, 0.1) is 0 Å². The molecule has 3 aromatic rings. The van der Waals surface area contributed by atoms with E-state index in [0.29, 0.717) is 12.2 Å². The van der Waals surface area contributed by atoms with Crippen molar-refractivity contribution in [2.24, 2.45) is 10.2 Å². The van der Waals surface area contributed by atoms with Crippen LogP contribution in [0.25, 0.3) is 0 Å². The van der Waals surface area contributed by atoms with Gasteiger partial charge in [-0.25, -0.2) is 4.79 Å². The maximum atomic E-state index is 12.0. The lowest BCUT2D eigenvalue weighted by molar-refractivity contribution is 0.0497. The molecule has 0 aliphatic heterocycles. The van der Waals surface area contributed by atoms with Crippen LogP contribution in [0.15, 0.2) is 78.5 Å². The second kappa shape index (κ2) is 12.1. The van der Waals surface area contributed by atoms with Gasteiger partial charge in [-0.15, -0.1) is 11.3 Å². The molecule has 0 unspecified atom stereocenters. The minimum Gasteiger partial charge on any atom is -0.462 e. The number of nitrogens with zero attached hydrogens (tertiary/aromatic N) is 2. The SMILES string of the molecule is O=C(OCCCCCCc1ccc(N=Nc2ccccc2)cc1)c1cc(Br)sc1Br. The van der Waals surface area contributed by atoms with Crippen LogP contribution in [0.4, 0.5) is 11.4 Å². The molecule has 4 nitrogen and oxygen atoms in total. The standard InChI is InChI=1S/C23H22Br2N2O2S/c24-21-16-20(22(25)30-21)23(28)29-15-7-2-1-4-8-17-11-13-19(14-12-17)27-26-18-9-5-3-6-10-18/h3,5-6,9-14,16H,1-2,4,7-8,15H2. The van der Waals surface area contributed by atoms with Crippen LogP contribution in [0.1, 0.15) is 41.6 Å². The quantitative estimate of drug-likeness (QED) is 0.144. The Labute approximate surface area is 197 Å². The minimum atomic E-state index is -0.270. The molecule has 0 aliphatic rings. The average molecular weight is 550 g/mol. The van der Waals surface area contributed by atoms with Crippen LogP contribution in [-0.2, 0) is 11.2 Å². The van der Waals surface area contributed by atoms with Crippen molar-refractivity contribution in [1.82, 2.24) is 0 Å². The number of rotatable bonds is 10. The van der Waals surface area contributed by atoms with E-state index < -0.39 is 0 Å². The minimum absolute atomic E-state index is 0.270. The predicted octanol–water partition coefficient (Wildman–Crippen LogP) is 8.65. The van der Waals surface area contributed by atoms with E-state index in [1.807, 2.05) is 42.5 Å². The summed E-state index contributed by atoms with van der Waals surface area (Å²) < 4.78 is 7.06. The molecule has 0 atom stereocenters. The normalized spacial score (nSPS) is 11.1. The highest BCUT2D eigenvalue weighted by Gasteiger charge is 2.14. The van der Waals surface area contributed by atoms with E-state index in [0.717, 1.165) is 51.1 Å². The van der Waals surface area contributed by atoms with Crippen molar-refractivity contribution in [3.05, 3.63) is 79.4 Å². The van der Waals surface area contributed by atoms with E-state index in [1.165, 1.54) is 16.9 Å². The van der Waals surface area contributed by atoms with Gasteiger partial charge in [0.05, 0.1) is 31.1 Å². The first-order valence-electron chi connectivity index (χ1n) is 9.79. The third-order valence-electron chi connectivity index (χ3n) is 4.44. The van der Waals surface area contributed by atoms with Gasteiger partial charge < -0.3 is 4.74 Å². The molecule has 3 rings (SSSR count). The molecular formula is C23H22Br2N2O2S. The van der Waals surface area contributed by atoms with Gasteiger partial charge in [0.25, 0.3) is 0 Å². The topological polar surface area (TPSA) is 51.0 Å². The second-order valence-electron chi connectivity index (χ2n) is 6.74. The van der Waals surface area contributed by atoms with E-state index in [1.54, 1.807) is 6.07 Å². The summed E-state index contributed by atoms with van der Waals surface area (Å²) in [5.74, 6) is -0.270. The van der Waals surface area contributed by atoms with Gasteiger partial charge in [0.1, 0.15) is 0 Å². The van der Waals surface area contributed by atoms with Crippen LogP contribution < -0.4 is 0 Å². The number of hydrogen-bond acceptors (Lipinski definition) is 5. The number of carbonyl (C=O) groups excluding carboxylic acids is 1. The van der Waals surface area contributed by atoms with Gasteiger partial charge >= 0.3 is 5.97 Å². The Hall–Kier alpha value is -1.83. The Balaban J connectivity index is 1.30. The van der Waals surface area contributed by atoms with Gasteiger partial charge in [-0.2, -0.15) is 10.2 Å². The first kappa shape index (κ1) is 22.8. The number of esters is 1. The third-order valence-corrected chi connectivity index (χ3v) is 6.78. The molecule has 0 saturated carbocycles. The maximum Gasteiger partial charge on any atom is 0.340 e. The average Bonchev–Trinajstić information content (AvgIpc) is 3.11. The van der Waals surface area contributed by atoms with Crippen molar-refractivity contribution in [2.75, 3.05) is 6.61 Å². The summed E-state index contributed by atoms with van der Waals surface area (Å²) >= 11 is 8.23. The fourth-order valence-electron chi connectivity index (χ4n) is 2.85. The molecule has 30 heavy (non-hydrogen) atoms. The van der Waals surface area contributed by atoms with E-state index in [4.69, 9.17) is 4.74 Å². The summed E-state index contributed by atoms with van der Waals surface area (Å²) in [5.41, 5.74) is 3.59. The summed E-state index contributed by atoms with van der Waals surface area (Å²) in [6.07, 6.45) is 5.19. The molecule has 1 heterocycles. The zero-order chi connectivity index (χ0) is 21.2. The Morgan fingerprint density at radius 3 is 2.20 bits per heavy atom. The van der Waals surface area contributed by atoms with Crippen molar-refractivity contribution in [2.45, 2.75) is 32.1 Å². The van der Waals surface area contributed by atoms with Gasteiger partial charge in [-0.3, -0.25) is 0 Å². The van der Waals surface area contributed by atoms with Crippen LogP contribution >= 0.6 is 43.2 Å². The van der Waals surface area contributed by atoms with Crippen molar-refractivity contribution < 1.29 is 9.53 Å². The van der Waals surface area contributed by atoms with Gasteiger partial charge in [0.2, 0.25) is 0 Å². The first-order chi connectivity index (χ1) is 14.6. The largest absolute Gasteiger partial charge is 0.462 e. The van der Waals surface area contributed by atoms with Crippen LogP contribution in [-0.4, -0.2) is 12.6 Å². The van der Waals surface area contributed by atoms with Crippen molar-refractivity contribution >= 4 is 60.5 Å². The lowest BCUT2D eigenvalue weighted by atomic mass is 10.1. The molecule has 0 N–H and O–H groups in total. The molecular weight excluding hydrogens is 528 g/mol. The van der Waals surface area contributed by atoms with Crippen LogP contribution in [0.5, 0.6) is 0 Å². The number of benzene rings is 2. The van der Waals surface area contributed by atoms with Gasteiger partial charge in [-0.1, -0.05) is 43.2 Å². The fourth-order valence-corrected chi connectivity index (χ4v) is 5.61. The number of halogens is 2. The summed E-state index contributed by atoms with van der Waals surface area (Å²) in [6, 6.07) is 19.7. The number of azo groups is 1. The third kappa shape index (κ3) is 7.45. The molecule has 156 valence electrons. The Morgan fingerprint density at radius 1 is 0.867 bits per heavy atom. The lowest BCUT2D eigenvalue weighted by Crippen LogP contribution is -2.05. The van der Waals surface area contributed by atoms with Gasteiger partial charge in [0.15, 0.2) is 0 Å². The van der Waals surface area contributed by atoms with Gasteiger partial charge in [0, 0.05) is 0 Å². The first-order valence-corrected chi connectivity index (χ1v) is 12.2. The van der Waals surface area contributed by atoms with Crippen molar-refractivity contribution in [3.63, 3.8) is 0 Å². The maximum absolute atomic E-state index is 12.0. The zero-order valence-electron chi connectivity index (χ0n) is 16.4. The molecule has 0 spiro atoms. The number of thiophene rings is 1. The summed E-state index contributed by atoms with van der Waals surface area (Å²) in [5, 5.41) is 8.50. The number of hydrogen-bond donors (Lipinski definition) is 0. The Morgan fingerprint density at radius 2 is 1.53 bits per heavy atom. The number of carbonyl (C=O) groups is 1. The van der Waals surface area contributed by atoms with E-state index in [9.17, 15) is 4.79 Å². The molecule has 0 radical (unpaired) electrons. The second-order valence-corrected chi connectivity index (χ2v) is 10.5. The molecule has 0 bridgehead atoms. The molecule has 0 fully saturated rings. The van der Waals surface area contributed by atoms with E-state index in [2.05, 4.69) is 54.2 Å². The Kier molecular flexibility index (Phi) is 9.24. The van der Waals surface area contributed by atoms with E-state index >= 15 is 0 Å². The summed E-state index contributed by atoms with van der Waals surface area (Å²) in [7, 11) is 0. The monoisotopic (exact) mass is 548 g/mol. The highest BCUT2D eigenvalue weighted by molar-refractivity contribution is 9.12.